The maximum absolute atomic E-state index is 12.9. The van der Waals surface area contributed by atoms with Crippen molar-refractivity contribution < 1.29 is 32.6 Å². The molecule has 0 aliphatic heterocycles. The van der Waals surface area contributed by atoms with Gasteiger partial charge in [-0.3, -0.25) is 9.59 Å². The molecule has 0 saturated heterocycles. The van der Waals surface area contributed by atoms with E-state index in [1.165, 1.54) is 18.2 Å². The third-order valence-electron chi connectivity index (χ3n) is 5.31. The van der Waals surface area contributed by atoms with Crippen LogP contribution in [0.15, 0.2) is 18.2 Å². The van der Waals surface area contributed by atoms with E-state index in [2.05, 4.69) is 10.8 Å². The molecule has 2 fully saturated rings. The van der Waals surface area contributed by atoms with Gasteiger partial charge in [0.15, 0.2) is 22.7 Å². The first-order chi connectivity index (χ1) is 13.4. The maximum atomic E-state index is 12.9. The largest absolute Gasteiger partial charge is 0.489 e. The number of hydrogen-bond donors (Lipinski definition) is 0. The molecule has 2 atom stereocenters. The summed E-state index contributed by atoms with van der Waals surface area (Å²) in [6.07, 6.45) is 2.96. The Labute approximate surface area is 161 Å². The van der Waals surface area contributed by atoms with Crippen LogP contribution in [0.25, 0.3) is 0 Å². The van der Waals surface area contributed by atoms with Gasteiger partial charge < -0.3 is 14.2 Å². The standard InChI is InChI=1S/C20H21F2NO5/c1-26-18(25)20(14(10-23)3-2-4-17(20)24)13-7-8-15(28-19(21)22)16(9-13)27-11-12-5-6-12/h7-9,12,14,19H,2-6,11H2,1H3. The van der Waals surface area contributed by atoms with E-state index in [4.69, 9.17) is 9.47 Å². The van der Waals surface area contributed by atoms with Crippen LogP contribution in [0, 0.1) is 23.2 Å². The van der Waals surface area contributed by atoms with Crippen LogP contribution in [0.4, 0.5) is 8.78 Å². The van der Waals surface area contributed by atoms with Crippen molar-refractivity contribution in [2.45, 2.75) is 44.1 Å². The number of nitriles is 1. The van der Waals surface area contributed by atoms with Crippen molar-refractivity contribution in [3.05, 3.63) is 23.8 Å². The third-order valence-corrected chi connectivity index (χ3v) is 5.31. The zero-order valence-electron chi connectivity index (χ0n) is 15.5. The highest BCUT2D eigenvalue weighted by Gasteiger charge is 2.56. The Balaban J connectivity index is 2.08. The molecule has 28 heavy (non-hydrogen) atoms. The number of rotatable bonds is 7. The summed E-state index contributed by atoms with van der Waals surface area (Å²) in [6, 6.07) is 6.00. The Kier molecular flexibility index (Phi) is 5.82. The number of benzene rings is 1. The number of halogens is 2. The first kappa shape index (κ1) is 20.1. The van der Waals surface area contributed by atoms with Crippen LogP contribution in [0.1, 0.15) is 37.7 Å². The molecule has 0 heterocycles. The molecular weight excluding hydrogens is 372 g/mol. The fourth-order valence-corrected chi connectivity index (χ4v) is 3.68. The van der Waals surface area contributed by atoms with Crippen LogP contribution in [0.5, 0.6) is 11.5 Å². The van der Waals surface area contributed by atoms with Gasteiger partial charge in [-0.05, 0) is 49.3 Å². The molecule has 0 aromatic heterocycles. The molecule has 1 aromatic rings. The molecule has 0 spiro atoms. The summed E-state index contributed by atoms with van der Waals surface area (Å²) in [6.45, 7) is -2.73. The van der Waals surface area contributed by atoms with E-state index in [0.717, 1.165) is 20.0 Å². The fraction of sp³-hybridized carbons (Fsp3) is 0.550. The number of ether oxygens (including phenoxy) is 3. The minimum absolute atomic E-state index is 0.0167. The van der Waals surface area contributed by atoms with Crippen LogP contribution >= 0.6 is 0 Å². The van der Waals surface area contributed by atoms with Gasteiger partial charge in [0.2, 0.25) is 0 Å². The predicted octanol–water partition coefficient (Wildman–Crippen LogP) is 3.38. The van der Waals surface area contributed by atoms with E-state index < -0.39 is 29.7 Å². The highest BCUT2D eigenvalue weighted by Crippen LogP contribution is 2.45. The molecule has 3 rings (SSSR count). The molecule has 2 unspecified atom stereocenters. The molecular formula is C20H21F2NO5. The van der Waals surface area contributed by atoms with Gasteiger partial charge in [0.25, 0.3) is 0 Å². The lowest BCUT2D eigenvalue weighted by Gasteiger charge is -2.37. The van der Waals surface area contributed by atoms with E-state index >= 15 is 0 Å². The van der Waals surface area contributed by atoms with Gasteiger partial charge in [-0.25, -0.2) is 0 Å². The highest BCUT2D eigenvalue weighted by atomic mass is 19.3. The van der Waals surface area contributed by atoms with Crippen LogP contribution < -0.4 is 9.47 Å². The lowest BCUT2D eigenvalue weighted by molar-refractivity contribution is -0.155. The predicted molar refractivity (Wildman–Crippen MR) is 92.9 cm³/mol. The second-order valence-electron chi connectivity index (χ2n) is 7.09. The number of hydrogen-bond acceptors (Lipinski definition) is 6. The van der Waals surface area contributed by atoms with Crippen molar-refractivity contribution in [1.29, 1.82) is 5.26 Å². The average Bonchev–Trinajstić information content (AvgIpc) is 3.50. The van der Waals surface area contributed by atoms with Gasteiger partial charge in [0, 0.05) is 6.42 Å². The first-order valence-corrected chi connectivity index (χ1v) is 9.17. The zero-order valence-corrected chi connectivity index (χ0v) is 15.5. The number of nitrogens with zero attached hydrogens (tertiary/aromatic N) is 1. The van der Waals surface area contributed by atoms with Crippen molar-refractivity contribution in [1.82, 2.24) is 0 Å². The van der Waals surface area contributed by atoms with Crippen molar-refractivity contribution in [2.24, 2.45) is 11.8 Å². The summed E-state index contributed by atoms with van der Waals surface area (Å²) < 4.78 is 40.6. The van der Waals surface area contributed by atoms with Crippen LogP contribution in [0.2, 0.25) is 0 Å². The Hall–Kier alpha value is -2.69. The van der Waals surface area contributed by atoms with Gasteiger partial charge in [0.1, 0.15) is 0 Å². The van der Waals surface area contributed by atoms with Crippen molar-refractivity contribution in [3.8, 4) is 17.6 Å². The molecule has 8 heteroatoms. The van der Waals surface area contributed by atoms with E-state index in [1.54, 1.807) is 0 Å². The maximum Gasteiger partial charge on any atom is 0.387 e. The lowest BCUT2D eigenvalue weighted by atomic mass is 9.62. The van der Waals surface area contributed by atoms with Gasteiger partial charge in [0.05, 0.1) is 25.7 Å². The van der Waals surface area contributed by atoms with E-state index in [9.17, 15) is 23.6 Å². The Morgan fingerprint density at radius 3 is 2.68 bits per heavy atom. The molecule has 0 N–H and O–H groups in total. The number of methoxy groups -OCH3 is 1. The van der Waals surface area contributed by atoms with Crippen molar-refractivity contribution >= 4 is 11.8 Å². The van der Waals surface area contributed by atoms with Crippen molar-refractivity contribution in [2.75, 3.05) is 13.7 Å². The molecule has 2 saturated carbocycles. The molecule has 0 amide bonds. The number of ketones is 1. The lowest BCUT2D eigenvalue weighted by Crippen LogP contribution is -2.52. The summed E-state index contributed by atoms with van der Waals surface area (Å²) in [5.74, 6) is -1.99. The van der Waals surface area contributed by atoms with Gasteiger partial charge in [-0.2, -0.15) is 14.0 Å². The second-order valence-corrected chi connectivity index (χ2v) is 7.09. The number of esters is 1. The summed E-state index contributed by atoms with van der Waals surface area (Å²) in [4.78, 5) is 25.6. The minimum Gasteiger partial charge on any atom is -0.489 e. The number of Topliss-reactive ketones (excluding diaryl/α,β-unsaturated/α-hetero) is 1. The third kappa shape index (κ3) is 3.66. The van der Waals surface area contributed by atoms with Crippen LogP contribution in [0.3, 0.4) is 0 Å². The van der Waals surface area contributed by atoms with Gasteiger partial charge in [-0.15, -0.1) is 0 Å². The smallest absolute Gasteiger partial charge is 0.387 e. The van der Waals surface area contributed by atoms with Crippen LogP contribution in [-0.2, 0) is 19.7 Å². The topological polar surface area (TPSA) is 85.6 Å². The zero-order chi connectivity index (χ0) is 20.3. The highest BCUT2D eigenvalue weighted by molar-refractivity contribution is 6.11. The normalized spacial score (nSPS) is 24.5. The summed E-state index contributed by atoms with van der Waals surface area (Å²) >= 11 is 0. The number of carbonyl (C=O) groups excluding carboxylic acids is 2. The Morgan fingerprint density at radius 2 is 2.07 bits per heavy atom. The summed E-state index contributed by atoms with van der Waals surface area (Å²) in [5.41, 5.74) is -1.61. The van der Waals surface area contributed by atoms with Crippen molar-refractivity contribution in [3.63, 3.8) is 0 Å². The molecule has 6 nitrogen and oxygen atoms in total. The first-order valence-electron chi connectivity index (χ1n) is 9.17. The Bertz CT molecular complexity index is 792. The van der Waals surface area contributed by atoms with E-state index in [1.807, 2.05) is 0 Å². The molecule has 0 bridgehead atoms. The molecule has 2 aliphatic rings. The summed E-state index contributed by atoms with van der Waals surface area (Å²) in [5, 5.41) is 9.61. The SMILES string of the molecule is COC(=O)C1(c2ccc(OC(F)F)c(OCC3CC3)c2)C(=O)CCCC1C#N. The molecule has 150 valence electrons. The van der Waals surface area contributed by atoms with Crippen LogP contribution in [-0.4, -0.2) is 32.1 Å². The van der Waals surface area contributed by atoms with E-state index in [-0.39, 0.29) is 23.5 Å². The van der Waals surface area contributed by atoms with E-state index in [0.29, 0.717) is 25.4 Å². The van der Waals surface area contributed by atoms with Gasteiger partial charge in [-0.1, -0.05) is 6.07 Å². The molecule has 0 radical (unpaired) electrons. The average molecular weight is 393 g/mol. The number of carbonyl (C=O) groups is 2. The molecule has 2 aliphatic carbocycles. The Morgan fingerprint density at radius 1 is 1.32 bits per heavy atom. The minimum atomic E-state index is -3.05. The number of alkyl halides is 2. The quantitative estimate of drug-likeness (QED) is 0.521. The molecule has 1 aromatic carbocycles. The fourth-order valence-electron chi connectivity index (χ4n) is 3.68. The summed E-state index contributed by atoms with van der Waals surface area (Å²) in [7, 11) is 1.15. The van der Waals surface area contributed by atoms with Gasteiger partial charge >= 0.3 is 12.6 Å². The monoisotopic (exact) mass is 393 g/mol. The second kappa shape index (κ2) is 8.13.